The summed E-state index contributed by atoms with van der Waals surface area (Å²) in [6.07, 6.45) is 0.254. The minimum absolute atomic E-state index is 0.162. The minimum atomic E-state index is -0.753. The van der Waals surface area contributed by atoms with Crippen molar-refractivity contribution in [3.63, 3.8) is 0 Å². The van der Waals surface area contributed by atoms with Crippen LogP contribution < -0.4 is 14.8 Å². The molecule has 0 aromatic heterocycles. The van der Waals surface area contributed by atoms with Crippen LogP contribution in [0.15, 0.2) is 78.0 Å². The lowest BCUT2D eigenvalue weighted by atomic mass is 10.1. The van der Waals surface area contributed by atoms with E-state index in [4.69, 9.17) is 19.6 Å². The van der Waals surface area contributed by atoms with Gasteiger partial charge in [-0.2, -0.15) is 5.26 Å². The summed E-state index contributed by atoms with van der Waals surface area (Å²) in [5.74, 6) is 0.686. The second kappa shape index (κ2) is 10.8. The molecule has 0 spiro atoms. The van der Waals surface area contributed by atoms with Gasteiger partial charge < -0.3 is 24.5 Å². The SMILES string of the molecule is N#Cc1ccc(C(=O)N2CC(=NOCc3ccccc3)C[C@H]2C(=O)NCc2ccc3c(c2)OCO3)cc1. The lowest BCUT2D eigenvalue weighted by Gasteiger charge is -2.23. The average Bonchev–Trinajstić information content (AvgIpc) is 3.59. The molecule has 3 aromatic carbocycles. The van der Waals surface area contributed by atoms with Crippen LogP contribution in [0.4, 0.5) is 0 Å². The van der Waals surface area contributed by atoms with Gasteiger partial charge in [-0.05, 0) is 47.5 Å². The van der Waals surface area contributed by atoms with Crippen molar-refractivity contribution in [3.8, 4) is 17.6 Å². The standard InChI is InChI=1S/C28H24N4O5/c29-14-19-6-9-22(10-7-19)28(34)32-16-23(31-37-17-20-4-2-1-3-5-20)13-24(32)27(33)30-15-21-8-11-25-26(12-21)36-18-35-25/h1-12,24H,13,15-18H2,(H,30,33)/t24-/m0/s1. The lowest BCUT2D eigenvalue weighted by molar-refractivity contribution is -0.124. The van der Waals surface area contributed by atoms with E-state index in [0.717, 1.165) is 11.1 Å². The van der Waals surface area contributed by atoms with Crippen molar-refractivity contribution in [2.24, 2.45) is 5.16 Å². The van der Waals surface area contributed by atoms with Crippen LogP contribution in [0.25, 0.3) is 0 Å². The maximum absolute atomic E-state index is 13.3. The molecule has 0 unspecified atom stereocenters. The van der Waals surface area contributed by atoms with Crippen molar-refractivity contribution >= 4 is 17.5 Å². The number of rotatable bonds is 7. The highest BCUT2D eigenvalue weighted by molar-refractivity contribution is 6.05. The monoisotopic (exact) mass is 496 g/mol. The molecule has 186 valence electrons. The van der Waals surface area contributed by atoms with Gasteiger partial charge in [0.25, 0.3) is 5.91 Å². The Morgan fingerprint density at radius 1 is 1.03 bits per heavy atom. The Bertz CT molecular complexity index is 1370. The predicted molar refractivity (Wildman–Crippen MR) is 134 cm³/mol. The van der Waals surface area contributed by atoms with Gasteiger partial charge in [0.2, 0.25) is 12.7 Å². The summed E-state index contributed by atoms with van der Waals surface area (Å²) in [6.45, 7) is 0.889. The Hall–Kier alpha value is -4.84. The smallest absolute Gasteiger partial charge is 0.254 e. The molecule has 1 fully saturated rings. The average molecular weight is 497 g/mol. The van der Waals surface area contributed by atoms with Gasteiger partial charge in [-0.15, -0.1) is 0 Å². The topological polar surface area (TPSA) is 113 Å². The molecule has 37 heavy (non-hydrogen) atoms. The van der Waals surface area contributed by atoms with Crippen LogP contribution in [-0.4, -0.2) is 41.8 Å². The number of benzene rings is 3. The molecule has 9 nitrogen and oxygen atoms in total. The number of fused-ring (bicyclic) bond motifs is 1. The molecule has 3 aromatic rings. The normalized spacial score (nSPS) is 16.9. The fourth-order valence-electron chi connectivity index (χ4n) is 4.20. The van der Waals surface area contributed by atoms with Crippen LogP contribution in [0.1, 0.15) is 33.5 Å². The Kier molecular flexibility index (Phi) is 6.99. The maximum atomic E-state index is 13.3. The van der Waals surface area contributed by atoms with E-state index in [1.807, 2.05) is 48.5 Å². The molecule has 0 bridgehead atoms. The quantitative estimate of drug-likeness (QED) is 0.502. The Balaban J connectivity index is 1.29. The molecule has 1 N–H and O–H groups in total. The molecule has 0 aliphatic carbocycles. The molecule has 9 heteroatoms. The second-order valence-electron chi connectivity index (χ2n) is 8.66. The number of likely N-dealkylation sites (tertiary alicyclic amines) is 1. The van der Waals surface area contributed by atoms with Gasteiger partial charge in [-0.3, -0.25) is 9.59 Å². The third kappa shape index (κ3) is 5.54. The third-order valence-electron chi connectivity index (χ3n) is 6.15. The molecule has 0 saturated carbocycles. The van der Waals surface area contributed by atoms with E-state index < -0.39 is 6.04 Å². The van der Waals surface area contributed by atoms with Crippen LogP contribution >= 0.6 is 0 Å². The fraction of sp³-hybridized carbons (Fsp3) is 0.214. The second-order valence-corrected chi connectivity index (χ2v) is 8.66. The Morgan fingerprint density at radius 2 is 1.81 bits per heavy atom. The summed E-state index contributed by atoms with van der Waals surface area (Å²) in [6, 6.07) is 22.7. The van der Waals surface area contributed by atoms with E-state index in [-0.39, 0.29) is 44.7 Å². The van der Waals surface area contributed by atoms with E-state index in [0.29, 0.717) is 28.3 Å². The van der Waals surface area contributed by atoms with Gasteiger partial charge in [0, 0.05) is 18.5 Å². The first-order chi connectivity index (χ1) is 18.1. The number of carbonyl (C=O) groups is 2. The van der Waals surface area contributed by atoms with Crippen molar-refractivity contribution in [2.45, 2.75) is 25.6 Å². The summed E-state index contributed by atoms with van der Waals surface area (Å²) in [5, 5.41) is 16.2. The first kappa shape index (κ1) is 23.9. The van der Waals surface area contributed by atoms with Crippen LogP contribution in [0.2, 0.25) is 0 Å². The molecule has 0 radical (unpaired) electrons. The summed E-state index contributed by atoms with van der Waals surface area (Å²) in [7, 11) is 0. The highest BCUT2D eigenvalue weighted by Crippen LogP contribution is 2.32. The highest BCUT2D eigenvalue weighted by atomic mass is 16.7. The van der Waals surface area contributed by atoms with Crippen molar-refractivity contribution in [1.29, 1.82) is 5.26 Å². The van der Waals surface area contributed by atoms with Crippen molar-refractivity contribution in [3.05, 3.63) is 95.1 Å². The number of hydrogen-bond donors (Lipinski definition) is 1. The van der Waals surface area contributed by atoms with Crippen LogP contribution in [0, 0.1) is 11.3 Å². The zero-order valence-electron chi connectivity index (χ0n) is 19.9. The number of nitriles is 1. The number of nitrogens with zero attached hydrogens (tertiary/aromatic N) is 3. The molecular formula is C28H24N4O5. The number of hydrogen-bond acceptors (Lipinski definition) is 7. The number of oxime groups is 1. The molecule has 2 heterocycles. The first-order valence-electron chi connectivity index (χ1n) is 11.8. The maximum Gasteiger partial charge on any atom is 0.254 e. The van der Waals surface area contributed by atoms with Crippen LogP contribution in [0.3, 0.4) is 0 Å². The van der Waals surface area contributed by atoms with Crippen molar-refractivity contribution < 1.29 is 23.9 Å². The van der Waals surface area contributed by atoms with Gasteiger partial charge in [0.1, 0.15) is 12.6 Å². The van der Waals surface area contributed by atoms with E-state index >= 15 is 0 Å². The van der Waals surface area contributed by atoms with Crippen molar-refractivity contribution in [1.82, 2.24) is 10.2 Å². The predicted octanol–water partition coefficient (Wildman–Crippen LogP) is 3.39. The van der Waals surface area contributed by atoms with Gasteiger partial charge in [0.15, 0.2) is 11.5 Å². The lowest BCUT2D eigenvalue weighted by Crippen LogP contribution is -2.45. The highest BCUT2D eigenvalue weighted by Gasteiger charge is 2.38. The van der Waals surface area contributed by atoms with E-state index in [1.54, 1.807) is 30.3 Å². The first-order valence-corrected chi connectivity index (χ1v) is 11.8. The molecule has 2 amide bonds. The number of ether oxygens (including phenoxy) is 2. The molecule has 2 aliphatic heterocycles. The third-order valence-corrected chi connectivity index (χ3v) is 6.15. The van der Waals surface area contributed by atoms with Gasteiger partial charge in [-0.1, -0.05) is 41.6 Å². The number of amides is 2. The molecule has 1 saturated heterocycles. The minimum Gasteiger partial charge on any atom is -0.454 e. The summed E-state index contributed by atoms with van der Waals surface area (Å²) in [5.41, 5.74) is 3.25. The van der Waals surface area contributed by atoms with Crippen LogP contribution in [0.5, 0.6) is 11.5 Å². The molecule has 1 atom stereocenters. The summed E-state index contributed by atoms with van der Waals surface area (Å²) in [4.78, 5) is 33.6. The Labute approximate surface area is 213 Å². The number of carbonyl (C=O) groups excluding carboxylic acids is 2. The molecule has 5 rings (SSSR count). The molecular weight excluding hydrogens is 472 g/mol. The van der Waals surface area contributed by atoms with E-state index in [9.17, 15) is 9.59 Å². The largest absolute Gasteiger partial charge is 0.454 e. The fourth-order valence-corrected chi connectivity index (χ4v) is 4.20. The zero-order chi connectivity index (χ0) is 25.6. The molecule has 2 aliphatic rings. The van der Waals surface area contributed by atoms with Gasteiger partial charge in [0.05, 0.1) is 23.9 Å². The summed E-state index contributed by atoms with van der Waals surface area (Å²) < 4.78 is 10.7. The zero-order valence-corrected chi connectivity index (χ0v) is 19.9. The Morgan fingerprint density at radius 3 is 2.59 bits per heavy atom. The van der Waals surface area contributed by atoms with Gasteiger partial charge in [-0.25, -0.2) is 0 Å². The van der Waals surface area contributed by atoms with Gasteiger partial charge >= 0.3 is 0 Å². The summed E-state index contributed by atoms with van der Waals surface area (Å²) >= 11 is 0. The van der Waals surface area contributed by atoms with Crippen LogP contribution in [-0.2, 0) is 22.8 Å². The number of nitrogens with one attached hydrogen (secondary N) is 1. The van der Waals surface area contributed by atoms with Crippen molar-refractivity contribution in [2.75, 3.05) is 13.3 Å². The van der Waals surface area contributed by atoms with E-state index in [2.05, 4.69) is 10.5 Å². The van der Waals surface area contributed by atoms with E-state index in [1.165, 1.54) is 4.90 Å².